The molecular formula is C27H19NO7. The van der Waals surface area contributed by atoms with Gasteiger partial charge >= 0.3 is 5.97 Å². The first-order valence-electron chi connectivity index (χ1n) is 10.8. The Morgan fingerprint density at radius 1 is 0.857 bits per heavy atom. The number of para-hydroxylation sites is 1. The van der Waals surface area contributed by atoms with Crippen LogP contribution < -0.4 is 14.9 Å². The molecule has 5 rings (SSSR count). The lowest BCUT2D eigenvalue weighted by atomic mass is 10.1. The van der Waals surface area contributed by atoms with Gasteiger partial charge in [-0.1, -0.05) is 30.3 Å². The minimum atomic E-state index is -1.16. The first kappa shape index (κ1) is 22.1. The van der Waals surface area contributed by atoms with E-state index in [-0.39, 0.29) is 44.8 Å². The molecule has 0 aliphatic carbocycles. The molecular weight excluding hydrogens is 450 g/mol. The minimum absolute atomic E-state index is 0.0627. The van der Waals surface area contributed by atoms with Crippen LogP contribution in [-0.2, 0) is 4.79 Å². The maximum absolute atomic E-state index is 13.0. The summed E-state index contributed by atoms with van der Waals surface area (Å²) < 4.78 is 16.9. The summed E-state index contributed by atoms with van der Waals surface area (Å²) in [6, 6.07) is 18.4. The number of aryl methyl sites for hydroxylation is 1. The Morgan fingerprint density at radius 3 is 2.14 bits per heavy atom. The predicted octanol–water partition coefficient (Wildman–Crippen LogP) is 4.48. The average molecular weight is 469 g/mol. The molecule has 174 valence electrons. The van der Waals surface area contributed by atoms with E-state index in [2.05, 4.69) is 0 Å². The van der Waals surface area contributed by atoms with Crippen molar-refractivity contribution in [2.24, 2.45) is 0 Å². The second-order valence-electron chi connectivity index (χ2n) is 8.01. The minimum Gasteiger partial charge on any atom is -0.457 e. The Bertz CT molecular complexity index is 1520. The fraction of sp³-hybridized carbons (Fsp3) is 0.111. The lowest BCUT2D eigenvalue weighted by Gasteiger charge is -2.20. The number of nitrogens with zero attached hydrogens (tertiary/aromatic N) is 1. The van der Waals surface area contributed by atoms with Crippen LogP contribution in [0.1, 0.15) is 33.4 Å². The maximum atomic E-state index is 13.0. The molecule has 0 bridgehead atoms. The van der Waals surface area contributed by atoms with E-state index >= 15 is 0 Å². The number of hydrogen-bond donors (Lipinski definition) is 0. The number of imide groups is 1. The Hall–Kier alpha value is -4.72. The van der Waals surface area contributed by atoms with E-state index < -0.39 is 23.8 Å². The van der Waals surface area contributed by atoms with Gasteiger partial charge in [0, 0.05) is 6.07 Å². The van der Waals surface area contributed by atoms with Gasteiger partial charge in [0.25, 0.3) is 11.8 Å². The zero-order valence-electron chi connectivity index (χ0n) is 18.8. The molecule has 0 saturated carbocycles. The summed E-state index contributed by atoms with van der Waals surface area (Å²) in [6.45, 7) is 3.02. The molecule has 1 aliphatic rings. The van der Waals surface area contributed by atoms with Crippen LogP contribution in [0.15, 0.2) is 82.0 Å². The van der Waals surface area contributed by atoms with Crippen molar-refractivity contribution >= 4 is 28.8 Å². The van der Waals surface area contributed by atoms with Crippen molar-refractivity contribution in [1.29, 1.82) is 0 Å². The Kier molecular flexibility index (Phi) is 5.41. The van der Waals surface area contributed by atoms with Gasteiger partial charge in [-0.3, -0.25) is 19.3 Å². The number of amides is 2. The largest absolute Gasteiger partial charge is 0.457 e. The van der Waals surface area contributed by atoms with Crippen LogP contribution in [-0.4, -0.2) is 28.7 Å². The molecule has 8 heteroatoms. The highest BCUT2D eigenvalue weighted by molar-refractivity contribution is 6.22. The number of rotatable bonds is 5. The van der Waals surface area contributed by atoms with Crippen LogP contribution in [0.3, 0.4) is 0 Å². The number of carbonyl (C=O) groups is 3. The average Bonchev–Trinajstić information content (AvgIpc) is 3.11. The Morgan fingerprint density at radius 2 is 1.49 bits per heavy atom. The quantitative estimate of drug-likeness (QED) is 0.241. The van der Waals surface area contributed by atoms with Gasteiger partial charge in [-0.15, -0.1) is 0 Å². The zero-order chi connectivity index (χ0) is 24.7. The van der Waals surface area contributed by atoms with E-state index in [1.54, 1.807) is 43.3 Å². The molecule has 0 spiro atoms. The Balaban J connectivity index is 1.38. The second kappa shape index (κ2) is 8.57. The third kappa shape index (κ3) is 3.85. The summed E-state index contributed by atoms with van der Waals surface area (Å²) in [6.07, 6.45) is 0. The standard InChI is InChI=1S/C27H19NO7/c1-15(28-25(30)19-10-6-7-11-20(19)26(28)31)27(32)35-18-12-13-21-22(14-18)33-16(2)24(23(21)29)34-17-8-4-3-5-9-17/h3-15H,1-2H3. The van der Waals surface area contributed by atoms with Gasteiger partial charge < -0.3 is 13.9 Å². The van der Waals surface area contributed by atoms with E-state index in [4.69, 9.17) is 13.9 Å². The van der Waals surface area contributed by atoms with Crippen LogP contribution in [0, 0.1) is 6.92 Å². The molecule has 1 atom stereocenters. The number of fused-ring (bicyclic) bond motifs is 2. The molecule has 2 amide bonds. The van der Waals surface area contributed by atoms with Crippen molar-refractivity contribution in [3.8, 4) is 17.2 Å². The van der Waals surface area contributed by atoms with Gasteiger partial charge in [0.05, 0.1) is 16.5 Å². The van der Waals surface area contributed by atoms with Gasteiger partial charge in [0.1, 0.15) is 28.9 Å². The van der Waals surface area contributed by atoms with Crippen LogP contribution in [0.25, 0.3) is 11.0 Å². The molecule has 0 saturated heterocycles. The summed E-state index contributed by atoms with van der Waals surface area (Å²) in [4.78, 5) is 52.0. The van der Waals surface area contributed by atoms with Gasteiger partial charge in [0.15, 0.2) is 0 Å². The van der Waals surface area contributed by atoms with Crippen LogP contribution >= 0.6 is 0 Å². The molecule has 0 fully saturated rings. The van der Waals surface area contributed by atoms with Crippen LogP contribution in [0.5, 0.6) is 17.2 Å². The summed E-state index contributed by atoms with van der Waals surface area (Å²) in [5.41, 5.74) is 0.318. The number of benzene rings is 3. The predicted molar refractivity (Wildman–Crippen MR) is 126 cm³/mol. The fourth-order valence-corrected chi connectivity index (χ4v) is 3.92. The topological polar surface area (TPSA) is 103 Å². The van der Waals surface area contributed by atoms with E-state index in [0.717, 1.165) is 4.90 Å². The summed E-state index contributed by atoms with van der Waals surface area (Å²) in [7, 11) is 0. The number of ether oxygens (including phenoxy) is 2. The third-order valence-corrected chi connectivity index (χ3v) is 5.72. The molecule has 0 N–H and O–H groups in total. The molecule has 1 aliphatic heterocycles. The van der Waals surface area contributed by atoms with Crippen LogP contribution in [0.4, 0.5) is 0 Å². The maximum Gasteiger partial charge on any atom is 0.334 e. The monoisotopic (exact) mass is 469 g/mol. The molecule has 8 nitrogen and oxygen atoms in total. The van der Waals surface area contributed by atoms with Gasteiger partial charge in [-0.25, -0.2) is 4.79 Å². The van der Waals surface area contributed by atoms with Gasteiger partial charge in [-0.05, 0) is 50.2 Å². The SMILES string of the molecule is Cc1oc2cc(OC(=O)C(C)N3C(=O)c4ccccc4C3=O)ccc2c(=O)c1Oc1ccccc1. The Labute approximate surface area is 199 Å². The second-order valence-corrected chi connectivity index (χ2v) is 8.01. The highest BCUT2D eigenvalue weighted by atomic mass is 16.5. The number of carbonyl (C=O) groups excluding carboxylic acids is 3. The first-order chi connectivity index (χ1) is 16.8. The summed E-state index contributed by atoms with van der Waals surface area (Å²) >= 11 is 0. The molecule has 1 aromatic heterocycles. The molecule has 4 aromatic rings. The lowest BCUT2D eigenvalue weighted by Crippen LogP contribution is -2.44. The fourth-order valence-electron chi connectivity index (χ4n) is 3.92. The third-order valence-electron chi connectivity index (χ3n) is 5.72. The first-order valence-corrected chi connectivity index (χ1v) is 10.8. The molecule has 2 heterocycles. The molecule has 0 radical (unpaired) electrons. The highest BCUT2D eigenvalue weighted by Crippen LogP contribution is 2.28. The summed E-state index contributed by atoms with van der Waals surface area (Å²) in [5, 5.41) is 0.245. The van der Waals surface area contributed by atoms with Crippen molar-refractivity contribution in [1.82, 2.24) is 4.90 Å². The van der Waals surface area contributed by atoms with Gasteiger partial charge in [0.2, 0.25) is 11.2 Å². The van der Waals surface area contributed by atoms with E-state index in [0.29, 0.717) is 5.75 Å². The van der Waals surface area contributed by atoms with Crippen molar-refractivity contribution in [3.63, 3.8) is 0 Å². The molecule has 35 heavy (non-hydrogen) atoms. The normalized spacial score (nSPS) is 13.6. The van der Waals surface area contributed by atoms with E-state index in [1.165, 1.54) is 37.3 Å². The van der Waals surface area contributed by atoms with Crippen molar-refractivity contribution in [2.45, 2.75) is 19.9 Å². The molecule has 3 aromatic carbocycles. The highest BCUT2D eigenvalue weighted by Gasteiger charge is 2.41. The van der Waals surface area contributed by atoms with Gasteiger partial charge in [-0.2, -0.15) is 0 Å². The smallest absolute Gasteiger partial charge is 0.334 e. The lowest BCUT2D eigenvalue weighted by molar-refractivity contribution is -0.138. The van der Waals surface area contributed by atoms with Crippen molar-refractivity contribution < 1.29 is 28.3 Å². The number of hydrogen-bond acceptors (Lipinski definition) is 7. The summed E-state index contributed by atoms with van der Waals surface area (Å²) in [5.74, 6) is -0.994. The number of esters is 1. The molecule has 1 unspecified atom stereocenters. The van der Waals surface area contributed by atoms with Crippen LogP contribution in [0.2, 0.25) is 0 Å². The van der Waals surface area contributed by atoms with E-state index in [1.807, 2.05) is 6.07 Å². The van der Waals surface area contributed by atoms with Crippen molar-refractivity contribution in [3.05, 3.63) is 99.9 Å². The van der Waals surface area contributed by atoms with E-state index in [9.17, 15) is 19.2 Å². The van der Waals surface area contributed by atoms with Crippen molar-refractivity contribution in [2.75, 3.05) is 0 Å². The zero-order valence-corrected chi connectivity index (χ0v) is 18.8.